The first-order valence-corrected chi connectivity index (χ1v) is 4.80. The fourth-order valence-corrected chi connectivity index (χ4v) is 1.34. The third-order valence-corrected chi connectivity index (χ3v) is 2.10. The van der Waals surface area contributed by atoms with Gasteiger partial charge in [0, 0.05) is 0 Å². The standard InChI is InChI=1S/C9H5Cl2N3O/c10-8-7(9(11)13-14-12-8)15-6-4-2-1-3-5-6/h1-5H. The Balaban J connectivity index is 2.32. The van der Waals surface area contributed by atoms with Gasteiger partial charge in [0.05, 0.1) is 0 Å². The summed E-state index contributed by atoms with van der Waals surface area (Å²) in [6.07, 6.45) is 0. The number of halogens is 2. The molecule has 1 aromatic heterocycles. The predicted octanol–water partition coefficient (Wildman–Crippen LogP) is 2.97. The zero-order valence-corrected chi connectivity index (χ0v) is 8.90. The summed E-state index contributed by atoms with van der Waals surface area (Å²) in [6, 6.07) is 9.08. The molecule has 1 heterocycles. The van der Waals surface area contributed by atoms with E-state index in [4.69, 9.17) is 27.9 Å². The number of aromatic nitrogens is 3. The highest BCUT2D eigenvalue weighted by atomic mass is 35.5. The summed E-state index contributed by atoms with van der Waals surface area (Å²) in [5.41, 5.74) is 0. The molecule has 0 N–H and O–H groups in total. The highest BCUT2D eigenvalue weighted by molar-refractivity contribution is 6.35. The molecule has 0 fully saturated rings. The van der Waals surface area contributed by atoms with Crippen LogP contribution < -0.4 is 4.74 Å². The van der Waals surface area contributed by atoms with Gasteiger partial charge in [-0.25, -0.2) is 0 Å². The number of benzene rings is 1. The van der Waals surface area contributed by atoms with Crippen LogP contribution in [-0.4, -0.2) is 15.4 Å². The van der Waals surface area contributed by atoms with Crippen LogP contribution >= 0.6 is 23.2 Å². The van der Waals surface area contributed by atoms with Crippen LogP contribution in [0, 0.1) is 0 Å². The molecule has 6 heteroatoms. The number of para-hydroxylation sites is 1. The normalized spacial score (nSPS) is 10.0. The highest BCUT2D eigenvalue weighted by Crippen LogP contribution is 2.32. The zero-order valence-electron chi connectivity index (χ0n) is 7.39. The molecule has 0 atom stereocenters. The fourth-order valence-electron chi connectivity index (χ4n) is 0.967. The van der Waals surface area contributed by atoms with Gasteiger partial charge >= 0.3 is 0 Å². The quantitative estimate of drug-likeness (QED) is 0.812. The molecule has 0 amide bonds. The second-order valence-electron chi connectivity index (χ2n) is 2.62. The van der Waals surface area contributed by atoms with Crippen molar-refractivity contribution in [2.75, 3.05) is 0 Å². The Morgan fingerprint density at radius 2 is 1.53 bits per heavy atom. The Morgan fingerprint density at radius 3 is 2.13 bits per heavy atom. The maximum Gasteiger partial charge on any atom is 0.205 e. The van der Waals surface area contributed by atoms with Gasteiger partial charge in [-0.1, -0.05) is 41.4 Å². The van der Waals surface area contributed by atoms with E-state index in [0.29, 0.717) is 5.75 Å². The van der Waals surface area contributed by atoms with Crippen LogP contribution in [0.4, 0.5) is 0 Å². The number of ether oxygens (including phenoxy) is 1. The number of hydrogen-bond donors (Lipinski definition) is 0. The molecule has 0 radical (unpaired) electrons. The van der Waals surface area contributed by atoms with Crippen LogP contribution in [-0.2, 0) is 0 Å². The topological polar surface area (TPSA) is 47.9 Å². The molecule has 0 aliphatic carbocycles. The molecule has 2 aromatic rings. The smallest absolute Gasteiger partial charge is 0.205 e. The Labute approximate surface area is 95.8 Å². The summed E-state index contributed by atoms with van der Waals surface area (Å²) in [7, 11) is 0. The van der Waals surface area contributed by atoms with E-state index < -0.39 is 0 Å². The Morgan fingerprint density at radius 1 is 0.933 bits per heavy atom. The minimum atomic E-state index is 0.0823. The summed E-state index contributed by atoms with van der Waals surface area (Å²) >= 11 is 11.5. The van der Waals surface area contributed by atoms with Gasteiger partial charge in [-0.15, -0.1) is 10.2 Å². The second-order valence-corrected chi connectivity index (χ2v) is 3.33. The molecule has 0 spiro atoms. The lowest BCUT2D eigenvalue weighted by molar-refractivity contribution is 0.474. The third-order valence-electron chi connectivity index (χ3n) is 1.60. The van der Waals surface area contributed by atoms with Crippen molar-refractivity contribution in [3.8, 4) is 11.5 Å². The maximum atomic E-state index is 5.76. The molecule has 15 heavy (non-hydrogen) atoms. The van der Waals surface area contributed by atoms with E-state index in [-0.39, 0.29) is 16.1 Å². The first-order valence-electron chi connectivity index (χ1n) is 4.04. The first kappa shape index (κ1) is 10.1. The van der Waals surface area contributed by atoms with E-state index in [1.807, 2.05) is 18.2 Å². The van der Waals surface area contributed by atoms with Crippen LogP contribution in [0.2, 0.25) is 10.3 Å². The lowest BCUT2D eigenvalue weighted by Crippen LogP contribution is -1.94. The van der Waals surface area contributed by atoms with E-state index >= 15 is 0 Å². The van der Waals surface area contributed by atoms with E-state index in [1.54, 1.807) is 12.1 Å². The lowest BCUT2D eigenvalue weighted by atomic mass is 10.3. The van der Waals surface area contributed by atoms with Crippen LogP contribution in [0.15, 0.2) is 30.3 Å². The molecular weight excluding hydrogens is 237 g/mol. The van der Waals surface area contributed by atoms with Gasteiger partial charge in [0.1, 0.15) is 5.75 Å². The molecule has 0 aliphatic rings. The molecule has 0 unspecified atom stereocenters. The predicted molar refractivity (Wildman–Crippen MR) is 56.4 cm³/mol. The molecule has 2 rings (SSSR count). The van der Waals surface area contributed by atoms with E-state index in [2.05, 4.69) is 15.4 Å². The van der Waals surface area contributed by atoms with Crippen molar-refractivity contribution in [1.82, 2.24) is 15.4 Å². The van der Waals surface area contributed by atoms with Crippen LogP contribution in [0.3, 0.4) is 0 Å². The van der Waals surface area contributed by atoms with Gasteiger partial charge in [-0.2, -0.15) is 0 Å². The average Bonchev–Trinajstić information content (AvgIpc) is 2.25. The van der Waals surface area contributed by atoms with Crippen molar-refractivity contribution >= 4 is 23.2 Å². The van der Waals surface area contributed by atoms with Gasteiger partial charge in [-0.05, 0) is 17.3 Å². The van der Waals surface area contributed by atoms with Gasteiger partial charge < -0.3 is 4.74 Å². The van der Waals surface area contributed by atoms with Crippen LogP contribution in [0.25, 0.3) is 0 Å². The minimum Gasteiger partial charge on any atom is -0.451 e. The number of rotatable bonds is 2. The summed E-state index contributed by atoms with van der Waals surface area (Å²) in [6.45, 7) is 0. The van der Waals surface area contributed by atoms with Gasteiger partial charge in [0.25, 0.3) is 0 Å². The monoisotopic (exact) mass is 241 g/mol. The molecule has 0 saturated carbocycles. The molecule has 0 aliphatic heterocycles. The summed E-state index contributed by atoms with van der Waals surface area (Å²) in [4.78, 5) is 0. The fraction of sp³-hybridized carbons (Fsp3) is 0. The Bertz CT molecular complexity index is 444. The number of nitrogens with zero attached hydrogens (tertiary/aromatic N) is 3. The summed E-state index contributed by atoms with van der Waals surface area (Å²) < 4.78 is 5.41. The number of hydrogen-bond acceptors (Lipinski definition) is 4. The van der Waals surface area contributed by atoms with E-state index in [9.17, 15) is 0 Å². The van der Waals surface area contributed by atoms with Crippen molar-refractivity contribution < 1.29 is 4.74 Å². The summed E-state index contributed by atoms with van der Waals surface area (Å²) in [5, 5.41) is 10.6. The average molecular weight is 242 g/mol. The summed E-state index contributed by atoms with van der Waals surface area (Å²) in [5.74, 6) is 0.815. The van der Waals surface area contributed by atoms with Crippen molar-refractivity contribution in [2.24, 2.45) is 0 Å². The molecule has 76 valence electrons. The van der Waals surface area contributed by atoms with Crippen LogP contribution in [0.1, 0.15) is 0 Å². The zero-order chi connectivity index (χ0) is 10.7. The minimum absolute atomic E-state index is 0.0823. The van der Waals surface area contributed by atoms with Crippen molar-refractivity contribution in [1.29, 1.82) is 0 Å². The Kier molecular flexibility index (Phi) is 2.99. The van der Waals surface area contributed by atoms with E-state index in [1.165, 1.54) is 0 Å². The molecular formula is C9H5Cl2N3O. The molecule has 0 bridgehead atoms. The largest absolute Gasteiger partial charge is 0.451 e. The maximum absolute atomic E-state index is 5.76. The first-order chi connectivity index (χ1) is 7.27. The molecule has 1 aromatic carbocycles. The van der Waals surface area contributed by atoms with Crippen molar-refractivity contribution in [3.63, 3.8) is 0 Å². The van der Waals surface area contributed by atoms with E-state index in [0.717, 1.165) is 0 Å². The highest BCUT2D eigenvalue weighted by Gasteiger charge is 2.11. The molecule has 0 saturated heterocycles. The van der Waals surface area contributed by atoms with Gasteiger partial charge in [0.2, 0.25) is 5.75 Å². The lowest BCUT2D eigenvalue weighted by Gasteiger charge is -2.06. The SMILES string of the molecule is Clc1nnnc(Cl)c1Oc1ccccc1. The van der Waals surface area contributed by atoms with Crippen molar-refractivity contribution in [3.05, 3.63) is 40.6 Å². The van der Waals surface area contributed by atoms with Gasteiger partial charge in [-0.3, -0.25) is 0 Å². The van der Waals surface area contributed by atoms with Crippen molar-refractivity contribution in [2.45, 2.75) is 0 Å². The Hall–Kier alpha value is -1.39. The van der Waals surface area contributed by atoms with Gasteiger partial charge in [0.15, 0.2) is 10.3 Å². The van der Waals surface area contributed by atoms with Crippen LogP contribution in [0.5, 0.6) is 11.5 Å². The molecule has 4 nitrogen and oxygen atoms in total. The third kappa shape index (κ3) is 2.34. The second kappa shape index (κ2) is 4.42.